The van der Waals surface area contributed by atoms with Crippen molar-refractivity contribution >= 4 is 5.69 Å². The van der Waals surface area contributed by atoms with Gasteiger partial charge in [0, 0.05) is 35.4 Å². The molecule has 3 aromatic rings. The molecule has 2 aromatic carbocycles. The Balaban J connectivity index is 2.00. The number of rotatable bonds is 5. The van der Waals surface area contributed by atoms with Crippen LogP contribution in [0.5, 0.6) is 11.5 Å². The average Bonchev–Trinajstić information content (AvgIpc) is 2.81. The molecule has 0 spiro atoms. The summed E-state index contributed by atoms with van der Waals surface area (Å²) in [5.41, 5.74) is 11.1. The highest BCUT2D eigenvalue weighted by molar-refractivity contribution is 5.70. The number of benzene rings is 2. The van der Waals surface area contributed by atoms with E-state index in [9.17, 15) is 4.79 Å². The molecule has 0 amide bonds. The first-order valence-corrected chi connectivity index (χ1v) is 10.6. The zero-order valence-electron chi connectivity index (χ0n) is 21.9. The Morgan fingerprint density at radius 2 is 1.78 bits per heavy atom. The fraction of sp³-hybridized carbons (Fsp3) is 0.360. The predicted octanol–water partition coefficient (Wildman–Crippen LogP) is 3.01. The largest absolute Gasteiger partial charge is 0.493 e. The van der Waals surface area contributed by atoms with Crippen LogP contribution >= 0.6 is 0 Å². The van der Waals surface area contributed by atoms with E-state index in [0.29, 0.717) is 42.2 Å². The summed E-state index contributed by atoms with van der Waals surface area (Å²) >= 11 is 0. The van der Waals surface area contributed by atoms with Crippen LogP contribution in [0.4, 0.5) is 5.69 Å². The number of hydrogen-bond acceptors (Lipinski definition) is 5. The summed E-state index contributed by atoms with van der Waals surface area (Å²) in [5, 5.41) is 0. The number of nitrogens with zero attached hydrogens (tertiary/aromatic N) is 3. The molecule has 2 N–H and O–H groups in total. The number of methoxy groups -OCH3 is 2. The minimum Gasteiger partial charge on any atom is -0.493 e. The van der Waals surface area contributed by atoms with Gasteiger partial charge in [0.15, 0.2) is 11.5 Å². The molecule has 7 nitrogen and oxygen atoms in total. The second-order valence-electron chi connectivity index (χ2n) is 7.95. The van der Waals surface area contributed by atoms with Crippen LogP contribution in [0.15, 0.2) is 40.1 Å². The molecule has 0 saturated heterocycles. The summed E-state index contributed by atoms with van der Waals surface area (Å²) in [5.74, 6) is 1.22. The van der Waals surface area contributed by atoms with Gasteiger partial charge in [-0.3, -0.25) is 9.13 Å². The van der Waals surface area contributed by atoms with E-state index in [1.54, 1.807) is 35.5 Å². The average molecular weight is 438 g/mol. The van der Waals surface area contributed by atoms with Crippen molar-refractivity contribution in [2.45, 2.75) is 40.2 Å². The summed E-state index contributed by atoms with van der Waals surface area (Å²) in [6.45, 7) is 2.55. The van der Waals surface area contributed by atoms with Crippen LogP contribution in [0.3, 0.4) is 0 Å². The highest BCUT2D eigenvalue weighted by Gasteiger charge is 2.22. The first-order valence-electron chi connectivity index (χ1n) is 12.1. The molecule has 7 heteroatoms. The third kappa shape index (κ3) is 3.73. The molecule has 0 radical (unpaired) electrons. The number of fused-ring (bicyclic) bond motifs is 3. The maximum Gasteiger partial charge on any atom is 0.330 e. The lowest BCUT2D eigenvalue weighted by molar-refractivity contribution is 0.354. The lowest BCUT2D eigenvalue weighted by Crippen LogP contribution is -2.43. The van der Waals surface area contributed by atoms with Crippen molar-refractivity contribution in [3.05, 3.63) is 68.6 Å². The Morgan fingerprint density at radius 3 is 2.41 bits per heavy atom. The zero-order valence-corrected chi connectivity index (χ0v) is 18.9. The van der Waals surface area contributed by atoms with E-state index in [-0.39, 0.29) is 17.8 Å². The number of nitrogens with two attached hydrogens (primary N) is 1. The van der Waals surface area contributed by atoms with Crippen molar-refractivity contribution in [2.75, 3.05) is 20.8 Å². The molecule has 2 heterocycles. The van der Waals surface area contributed by atoms with Gasteiger partial charge in [0.25, 0.3) is 0 Å². The second-order valence-corrected chi connectivity index (χ2v) is 7.95. The monoisotopic (exact) mass is 437 g/mol. The van der Waals surface area contributed by atoms with Gasteiger partial charge in [-0.1, -0.05) is 17.7 Å². The molecule has 4 rings (SSSR count). The van der Waals surface area contributed by atoms with Crippen LogP contribution in [0.2, 0.25) is 0 Å². The number of aryl methyl sites for hydroxylation is 4. The van der Waals surface area contributed by atoms with Crippen molar-refractivity contribution in [2.24, 2.45) is 10.7 Å². The van der Waals surface area contributed by atoms with Gasteiger partial charge < -0.3 is 15.2 Å². The molecule has 32 heavy (non-hydrogen) atoms. The maximum absolute atomic E-state index is 13.5. The third-order valence-corrected chi connectivity index (χ3v) is 5.86. The van der Waals surface area contributed by atoms with Gasteiger partial charge >= 0.3 is 5.69 Å². The topological polar surface area (TPSA) is 83.8 Å². The first kappa shape index (κ1) is 18.3. The van der Waals surface area contributed by atoms with Crippen molar-refractivity contribution < 1.29 is 13.6 Å². The Bertz CT molecular complexity index is 1400. The van der Waals surface area contributed by atoms with E-state index in [1.165, 1.54) is 0 Å². The Morgan fingerprint density at radius 1 is 1.09 bits per heavy atom. The smallest absolute Gasteiger partial charge is 0.330 e. The van der Waals surface area contributed by atoms with E-state index in [0.717, 1.165) is 27.9 Å². The molecule has 0 unspecified atom stereocenters. The van der Waals surface area contributed by atoms with Crippen LogP contribution in [0.1, 0.15) is 26.4 Å². The fourth-order valence-electron chi connectivity index (χ4n) is 4.34. The quantitative estimate of drug-likeness (QED) is 0.665. The lowest BCUT2D eigenvalue weighted by Gasteiger charge is -2.24. The van der Waals surface area contributed by atoms with E-state index in [2.05, 4.69) is 0 Å². The minimum atomic E-state index is -2.21. The van der Waals surface area contributed by atoms with Crippen LogP contribution in [-0.2, 0) is 19.5 Å². The molecule has 1 aliphatic rings. The van der Waals surface area contributed by atoms with Gasteiger partial charge in [-0.15, -0.1) is 0 Å². The zero-order chi connectivity index (χ0) is 25.5. The molecule has 0 aliphatic carbocycles. The highest BCUT2D eigenvalue weighted by Crippen LogP contribution is 2.37. The SMILES string of the molecule is [2H]C([2H])([2H])c1cc(C)c(N=c2cc3n(c(=O)n2CCN)CCc2cc(OC)c(OC)cc2-3)c(C)c1. The van der Waals surface area contributed by atoms with E-state index in [4.69, 9.17) is 24.3 Å². The van der Waals surface area contributed by atoms with Crippen LogP contribution in [0, 0.1) is 20.7 Å². The van der Waals surface area contributed by atoms with Crippen molar-refractivity contribution in [1.29, 1.82) is 0 Å². The number of ether oxygens (including phenoxy) is 2. The molecule has 1 aliphatic heterocycles. The van der Waals surface area contributed by atoms with Crippen molar-refractivity contribution in [1.82, 2.24) is 9.13 Å². The Labute approximate surface area is 192 Å². The highest BCUT2D eigenvalue weighted by atomic mass is 16.5. The van der Waals surface area contributed by atoms with Crippen LogP contribution in [0.25, 0.3) is 11.3 Å². The van der Waals surface area contributed by atoms with E-state index < -0.39 is 6.85 Å². The molecule has 168 valence electrons. The molecule has 0 bridgehead atoms. The van der Waals surface area contributed by atoms with Crippen molar-refractivity contribution in [3.63, 3.8) is 0 Å². The summed E-state index contributed by atoms with van der Waals surface area (Å²) in [7, 11) is 3.18. The minimum absolute atomic E-state index is 0.193. The van der Waals surface area contributed by atoms with Gasteiger partial charge in [0.2, 0.25) is 0 Å². The first-order chi connectivity index (χ1) is 16.6. The lowest BCUT2D eigenvalue weighted by atomic mass is 9.97. The van der Waals surface area contributed by atoms with Crippen LogP contribution in [-0.4, -0.2) is 29.9 Å². The van der Waals surface area contributed by atoms with Gasteiger partial charge in [0.05, 0.1) is 25.6 Å². The molecule has 0 saturated carbocycles. The Kier molecular flexibility index (Phi) is 4.95. The Hall–Kier alpha value is -3.32. The van der Waals surface area contributed by atoms with Gasteiger partial charge in [0.1, 0.15) is 5.49 Å². The second kappa shape index (κ2) is 8.67. The third-order valence-electron chi connectivity index (χ3n) is 5.86. The molecule has 0 atom stereocenters. The van der Waals surface area contributed by atoms with Gasteiger partial charge in [-0.2, -0.15) is 0 Å². The summed E-state index contributed by atoms with van der Waals surface area (Å²) < 4.78 is 37.5. The summed E-state index contributed by atoms with van der Waals surface area (Å²) in [4.78, 5) is 18.4. The molecular formula is C25H30N4O3. The normalized spacial score (nSPS) is 14.8. The summed E-state index contributed by atoms with van der Waals surface area (Å²) in [6.07, 6.45) is 0.677. The summed E-state index contributed by atoms with van der Waals surface area (Å²) in [6, 6.07) is 8.98. The molecule has 1 aromatic heterocycles. The predicted molar refractivity (Wildman–Crippen MR) is 126 cm³/mol. The fourth-order valence-corrected chi connectivity index (χ4v) is 4.34. The number of hydrogen-bond donors (Lipinski definition) is 1. The molecule has 0 fully saturated rings. The van der Waals surface area contributed by atoms with Crippen molar-refractivity contribution in [3.8, 4) is 22.8 Å². The van der Waals surface area contributed by atoms with E-state index in [1.807, 2.05) is 32.0 Å². The van der Waals surface area contributed by atoms with Gasteiger partial charge in [-0.25, -0.2) is 9.79 Å². The standard InChI is InChI=1S/C25H30N4O3/c1-15-10-16(2)24(17(3)11-15)27-23-14-20-19-13-22(32-5)21(31-4)12-18(19)6-8-28(20)25(30)29(23)9-7-26/h10-14H,6-9,26H2,1-5H3/i1D3. The van der Waals surface area contributed by atoms with Gasteiger partial charge in [-0.05, 0) is 55.9 Å². The maximum atomic E-state index is 13.5. The molecular weight excluding hydrogens is 404 g/mol. The van der Waals surface area contributed by atoms with E-state index >= 15 is 0 Å². The van der Waals surface area contributed by atoms with Crippen LogP contribution < -0.4 is 26.4 Å². The number of aromatic nitrogens is 2.